The number of halogens is 1. The minimum Gasteiger partial charge on any atom is -0.491 e. The van der Waals surface area contributed by atoms with Gasteiger partial charge in [0.25, 0.3) is 0 Å². The first-order valence-corrected chi connectivity index (χ1v) is 12.7. The first kappa shape index (κ1) is 24.3. The van der Waals surface area contributed by atoms with Crippen molar-refractivity contribution >= 4 is 27.5 Å². The Labute approximate surface area is 209 Å². The van der Waals surface area contributed by atoms with Crippen LogP contribution in [0.3, 0.4) is 0 Å². The van der Waals surface area contributed by atoms with Crippen molar-refractivity contribution in [3.63, 3.8) is 0 Å². The lowest BCUT2D eigenvalue weighted by Crippen LogP contribution is -2.05. The van der Waals surface area contributed by atoms with E-state index in [-0.39, 0.29) is 11.0 Å². The second kappa shape index (κ2) is 10.2. The summed E-state index contributed by atoms with van der Waals surface area (Å²) in [5.74, 6) is 0.714. The zero-order chi connectivity index (χ0) is 25.0. The molecular formula is C27H22ClN3O3S. The Balaban J connectivity index is 1.83. The Kier molecular flexibility index (Phi) is 7.06. The molecule has 0 aliphatic carbocycles. The van der Waals surface area contributed by atoms with Crippen LogP contribution in [0.1, 0.15) is 19.4 Å². The summed E-state index contributed by atoms with van der Waals surface area (Å²) in [7, 11) is -4.06. The minimum absolute atomic E-state index is 0.0121. The highest BCUT2D eigenvalue weighted by molar-refractivity contribution is 7.95. The van der Waals surface area contributed by atoms with E-state index < -0.39 is 14.7 Å². The predicted octanol–water partition coefficient (Wildman–Crippen LogP) is 6.32. The van der Waals surface area contributed by atoms with E-state index in [0.29, 0.717) is 22.0 Å². The molecule has 0 radical (unpaired) electrons. The van der Waals surface area contributed by atoms with Crippen LogP contribution in [-0.2, 0) is 9.84 Å². The molecule has 35 heavy (non-hydrogen) atoms. The van der Waals surface area contributed by atoms with Crippen LogP contribution in [0.2, 0.25) is 5.02 Å². The summed E-state index contributed by atoms with van der Waals surface area (Å²) in [4.78, 5) is -0.407. The van der Waals surface area contributed by atoms with Crippen LogP contribution in [0, 0.1) is 11.3 Å². The fourth-order valence-electron chi connectivity index (χ4n) is 3.45. The SMILES string of the molecule is CC(C)Oc1ccc(-c2nn(-c3ccccc3)cc2/C=C(\C#N)S(=O)(=O)c2ccc(Cl)cc2)cc1. The molecule has 4 aromatic rings. The second-order valence-corrected chi connectivity index (χ2v) is 10.3. The zero-order valence-corrected chi connectivity index (χ0v) is 20.7. The van der Waals surface area contributed by atoms with E-state index in [9.17, 15) is 13.7 Å². The lowest BCUT2D eigenvalue weighted by atomic mass is 10.1. The maximum absolute atomic E-state index is 13.2. The number of para-hydroxylation sites is 1. The minimum atomic E-state index is -4.06. The molecule has 3 aromatic carbocycles. The topological polar surface area (TPSA) is 85.0 Å². The molecule has 0 N–H and O–H groups in total. The molecule has 176 valence electrons. The van der Waals surface area contributed by atoms with E-state index in [1.165, 1.54) is 30.3 Å². The summed E-state index contributed by atoms with van der Waals surface area (Å²) in [6.07, 6.45) is 3.09. The quantitative estimate of drug-likeness (QED) is 0.275. The van der Waals surface area contributed by atoms with E-state index in [1.807, 2.05) is 74.5 Å². The van der Waals surface area contributed by atoms with Crippen LogP contribution in [-0.4, -0.2) is 24.3 Å². The molecule has 6 nitrogen and oxygen atoms in total. The van der Waals surface area contributed by atoms with Crippen molar-refractivity contribution in [3.8, 4) is 28.8 Å². The smallest absolute Gasteiger partial charge is 0.216 e. The van der Waals surface area contributed by atoms with Gasteiger partial charge in [-0.3, -0.25) is 0 Å². The maximum atomic E-state index is 13.2. The van der Waals surface area contributed by atoms with Gasteiger partial charge >= 0.3 is 0 Å². The third-order valence-electron chi connectivity index (χ3n) is 5.07. The largest absolute Gasteiger partial charge is 0.491 e. The average molecular weight is 504 g/mol. The summed E-state index contributed by atoms with van der Waals surface area (Å²) in [6.45, 7) is 3.89. The number of hydrogen-bond donors (Lipinski definition) is 0. The number of sulfone groups is 1. The highest BCUT2D eigenvalue weighted by Crippen LogP contribution is 2.30. The highest BCUT2D eigenvalue weighted by Gasteiger charge is 2.22. The number of aromatic nitrogens is 2. The van der Waals surface area contributed by atoms with Gasteiger partial charge in [0.1, 0.15) is 22.4 Å². The van der Waals surface area contributed by atoms with Crippen molar-refractivity contribution in [1.82, 2.24) is 9.78 Å². The number of nitrogens with zero attached hydrogens (tertiary/aromatic N) is 3. The monoisotopic (exact) mass is 503 g/mol. The number of nitriles is 1. The van der Waals surface area contributed by atoms with Crippen molar-refractivity contribution in [3.05, 3.63) is 101 Å². The van der Waals surface area contributed by atoms with Crippen LogP contribution in [0.5, 0.6) is 5.75 Å². The third-order valence-corrected chi connectivity index (χ3v) is 7.01. The summed E-state index contributed by atoms with van der Waals surface area (Å²) in [5.41, 5.74) is 2.57. The van der Waals surface area contributed by atoms with Crippen molar-refractivity contribution in [2.75, 3.05) is 0 Å². The molecule has 0 aliphatic rings. The van der Waals surface area contributed by atoms with Gasteiger partial charge in [-0.1, -0.05) is 29.8 Å². The second-order valence-electron chi connectivity index (χ2n) is 7.98. The summed E-state index contributed by atoms with van der Waals surface area (Å²) < 4.78 is 33.7. The molecule has 0 saturated heterocycles. The zero-order valence-electron chi connectivity index (χ0n) is 19.1. The first-order chi connectivity index (χ1) is 16.8. The molecule has 0 saturated carbocycles. The number of ether oxygens (including phenoxy) is 1. The Bertz CT molecular complexity index is 1500. The summed E-state index contributed by atoms with van der Waals surface area (Å²) >= 11 is 5.90. The van der Waals surface area contributed by atoms with Crippen LogP contribution in [0.25, 0.3) is 23.0 Å². The van der Waals surface area contributed by atoms with Crippen LogP contribution >= 0.6 is 11.6 Å². The average Bonchev–Trinajstić information content (AvgIpc) is 3.27. The third kappa shape index (κ3) is 5.46. The molecule has 0 unspecified atom stereocenters. The molecular weight excluding hydrogens is 482 g/mol. The lowest BCUT2D eigenvalue weighted by Gasteiger charge is -2.10. The molecule has 0 spiro atoms. The molecule has 1 heterocycles. The Morgan fingerprint density at radius 1 is 1.03 bits per heavy atom. The Morgan fingerprint density at radius 3 is 2.29 bits per heavy atom. The lowest BCUT2D eigenvalue weighted by molar-refractivity contribution is 0.242. The van der Waals surface area contributed by atoms with Crippen LogP contribution in [0.15, 0.2) is 94.9 Å². The van der Waals surface area contributed by atoms with E-state index in [4.69, 9.17) is 21.4 Å². The fourth-order valence-corrected chi connectivity index (χ4v) is 4.72. The van der Waals surface area contributed by atoms with Crippen molar-refractivity contribution in [1.29, 1.82) is 5.26 Å². The fraction of sp³-hybridized carbons (Fsp3) is 0.111. The van der Waals surface area contributed by atoms with Gasteiger partial charge in [-0.15, -0.1) is 0 Å². The molecule has 0 fully saturated rings. The van der Waals surface area contributed by atoms with Gasteiger partial charge in [-0.2, -0.15) is 10.4 Å². The van der Waals surface area contributed by atoms with E-state index >= 15 is 0 Å². The van der Waals surface area contributed by atoms with E-state index in [2.05, 4.69) is 0 Å². The molecule has 1 aromatic heterocycles. The summed E-state index contributed by atoms with van der Waals surface area (Å²) in [6, 6.07) is 24.4. The summed E-state index contributed by atoms with van der Waals surface area (Å²) in [5, 5.41) is 14.9. The van der Waals surface area contributed by atoms with Gasteiger partial charge in [-0.05, 0) is 80.6 Å². The van der Waals surface area contributed by atoms with Gasteiger partial charge < -0.3 is 4.74 Å². The normalized spacial score (nSPS) is 11.9. The molecule has 4 rings (SSSR count). The molecule has 8 heteroatoms. The number of benzene rings is 3. The van der Waals surface area contributed by atoms with Gasteiger partial charge in [-0.25, -0.2) is 13.1 Å². The first-order valence-electron chi connectivity index (χ1n) is 10.8. The number of hydrogen-bond acceptors (Lipinski definition) is 5. The Hall–Kier alpha value is -3.86. The van der Waals surface area contributed by atoms with Crippen LogP contribution < -0.4 is 4.74 Å². The van der Waals surface area contributed by atoms with Gasteiger partial charge in [0.2, 0.25) is 9.84 Å². The Morgan fingerprint density at radius 2 is 1.69 bits per heavy atom. The van der Waals surface area contributed by atoms with Crippen LogP contribution in [0.4, 0.5) is 0 Å². The van der Waals surface area contributed by atoms with Gasteiger partial charge in [0.15, 0.2) is 0 Å². The number of allylic oxidation sites excluding steroid dienone is 1. The van der Waals surface area contributed by atoms with Crippen molar-refractivity contribution in [2.24, 2.45) is 0 Å². The highest BCUT2D eigenvalue weighted by atomic mass is 35.5. The molecule has 0 aliphatic heterocycles. The maximum Gasteiger partial charge on any atom is 0.216 e. The molecule has 0 atom stereocenters. The molecule has 0 amide bonds. The predicted molar refractivity (Wildman–Crippen MR) is 137 cm³/mol. The van der Waals surface area contributed by atoms with Crippen molar-refractivity contribution < 1.29 is 13.2 Å². The van der Waals surface area contributed by atoms with E-state index in [0.717, 1.165) is 11.3 Å². The van der Waals surface area contributed by atoms with Crippen molar-refractivity contribution in [2.45, 2.75) is 24.8 Å². The standard InChI is InChI=1S/C27H22ClN3O3S/c1-19(2)34-24-12-8-20(9-13-24)27-21(18-31(30-27)23-6-4-3-5-7-23)16-26(17-29)35(32,33)25-14-10-22(28)11-15-25/h3-16,18-19H,1-2H3/b26-16+. The number of rotatable bonds is 7. The van der Waals surface area contributed by atoms with Gasteiger partial charge in [0, 0.05) is 22.3 Å². The van der Waals surface area contributed by atoms with E-state index in [1.54, 1.807) is 10.9 Å². The molecule has 0 bridgehead atoms. The van der Waals surface area contributed by atoms with Gasteiger partial charge in [0.05, 0.1) is 16.7 Å².